The molecule has 2 atom stereocenters. The van der Waals surface area contributed by atoms with E-state index < -0.39 is 26.5 Å². The van der Waals surface area contributed by atoms with Gasteiger partial charge < -0.3 is 27.9 Å². The minimum Gasteiger partial charge on any atom is -0.756 e. The average molecular weight is 784 g/mol. The number of hydrogen-bond donors (Lipinski definition) is 0. The van der Waals surface area contributed by atoms with Crippen molar-refractivity contribution < 1.29 is 42.1 Å². The lowest BCUT2D eigenvalue weighted by Gasteiger charge is -2.28. The zero-order valence-corrected chi connectivity index (χ0v) is 36.3. The van der Waals surface area contributed by atoms with Gasteiger partial charge in [-0.3, -0.25) is 14.2 Å². The van der Waals surface area contributed by atoms with Crippen LogP contribution < -0.4 is 4.89 Å². The molecule has 9 nitrogen and oxygen atoms in total. The van der Waals surface area contributed by atoms with Crippen LogP contribution in [0.5, 0.6) is 0 Å². The van der Waals surface area contributed by atoms with Crippen molar-refractivity contribution >= 4 is 19.8 Å². The van der Waals surface area contributed by atoms with Gasteiger partial charge in [-0.25, -0.2) is 0 Å². The van der Waals surface area contributed by atoms with Crippen molar-refractivity contribution in [3.63, 3.8) is 0 Å². The minimum atomic E-state index is -4.62. The summed E-state index contributed by atoms with van der Waals surface area (Å²) in [6.07, 6.45) is 40.2. The van der Waals surface area contributed by atoms with Gasteiger partial charge in [-0.2, -0.15) is 0 Å². The van der Waals surface area contributed by atoms with Crippen LogP contribution in [0.2, 0.25) is 0 Å². The standard InChI is InChI=1S/C44H82NO8P/c1-6-8-10-12-14-16-18-20-21-22-23-25-27-29-31-33-35-37-44(47)53-42(41-52-54(48,49)51-39-38-45(3,4)5)40-50-43(46)36-34-32-30-28-26-24-19-17-15-13-11-9-7-2/h8,10,14,16,20-21,42H,6-7,9,11-13,15,17-19,22-41H2,1-5H3/b10-8-,16-14-,21-20-/t42-/m1/s1. The first-order valence-corrected chi connectivity index (χ1v) is 23.2. The Balaban J connectivity index is 4.37. The molecule has 1 unspecified atom stereocenters. The molecular weight excluding hydrogens is 701 g/mol. The van der Waals surface area contributed by atoms with E-state index in [9.17, 15) is 19.0 Å². The van der Waals surface area contributed by atoms with E-state index in [1.54, 1.807) is 0 Å². The Kier molecular flexibility index (Phi) is 35.6. The van der Waals surface area contributed by atoms with Crippen LogP contribution in [0.4, 0.5) is 0 Å². The number of carbonyl (C=O) groups excluding carboxylic acids is 2. The summed E-state index contributed by atoms with van der Waals surface area (Å²) < 4.78 is 33.9. The van der Waals surface area contributed by atoms with Crippen LogP contribution in [0.1, 0.15) is 181 Å². The second kappa shape index (κ2) is 36.8. The summed E-state index contributed by atoms with van der Waals surface area (Å²) in [5.41, 5.74) is 0. The number of rotatable bonds is 39. The number of unbranched alkanes of at least 4 members (excludes halogenated alkanes) is 19. The number of phosphoric ester groups is 1. The Morgan fingerprint density at radius 1 is 0.593 bits per heavy atom. The van der Waals surface area contributed by atoms with Gasteiger partial charge in [-0.05, 0) is 44.9 Å². The van der Waals surface area contributed by atoms with Crippen molar-refractivity contribution in [3.8, 4) is 0 Å². The van der Waals surface area contributed by atoms with Crippen molar-refractivity contribution in [2.24, 2.45) is 0 Å². The third kappa shape index (κ3) is 39.9. The van der Waals surface area contributed by atoms with Gasteiger partial charge in [0.25, 0.3) is 7.82 Å². The first kappa shape index (κ1) is 52.2. The summed E-state index contributed by atoms with van der Waals surface area (Å²) in [6.45, 7) is 4.11. The molecule has 0 saturated heterocycles. The smallest absolute Gasteiger partial charge is 0.306 e. The fraction of sp³-hybridized carbons (Fsp3) is 0.818. The second-order valence-corrected chi connectivity index (χ2v) is 17.1. The Labute approximate surface area is 331 Å². The number of likely N-dealkylation sites (N-methyl/N-ethyl adjacent to an activating group) is 1. The van der Waals surface area contributed by atoms with E-state index in [1.165, 1.54) is 83.5 Å². The number of carbonyl (C=O) groups is 2. The zero-order valence-electron chi connectivity index (χ0n) is 35.4. The van der Waals surface area contributed by atoms with Gasteiger partial charge in [0.05, 0.1) is 27.7 Å². The number of ether oxygens (including phenoxy) is 2. The lowest BCUT2D eigenvalue weighted by Crippen LogP contribution is -2.37. The van der Waals surface area contributed by atoms with E-state index in [0.717, 1.165) is 64.2 Å². The predicted octanol–water partition coefficient (Wildman–Crippen LogP) is 11.5. The molecule has 0 N–H and O–H groups in total. The second-order valence-electron chi connectivity index (χ2n) is 15.7. The highest BCUT2D eigenvalue weighted by molar-refractivity contribution is 7.45. The summed E-state index contributed by atoms with van der Waals surface area (Å²) in [6, 6.07) is 0. The molecule has 0 bridgehead atoms. The highest BCUT2D eigenvalue weighted by Gasteiger charge is 2.21. The molecule has 0 radical (unpaired) electrons. The van der Waals surface area contributed by atoms with Crippen molar-refractivity contribution in [2.45, 2.75) is 187 Å². The molecule has 0 fully saturated rings. The maximum absolute atomic E-state index is 12.7. The molecule has 0 aromatic heterocycles. The van der Waals surface area contributed by atoms with Gasteiger partial charge >= 0.3 is 11.9 Å². The molecule has 0 spiro atoms. The molecule has 10 heteroatoms. The van der Waals surface area contributed by atoms with Crippen LogP contribution in [0.25, 0.3) is 0 Å². The quantitative estimate of drug-likeness (QED) is 0.0199. The van der Waals surface area contributed by atoms with Crippen molar-refractivity contribution in [1.29, 1.82) is 0 Å². The Bertz CT molecular complexity index is 1020. The molecule has 0 aliphatic rings. The maximum atomic E-state index is 12.7. The minimum absolute atomic E-state index is 0.0324. The Hall–Kier alpha value is -1.77. The molecule has 0 aromatic carbocycles. The van der Waals surface area contributed by atoms with Gasteiger partial charge in [0.15, 0.2) is 6.10 Å². The zero-order chi connectivity index (χ0) is 40.0. The number of quaternary nitrogens is 1. The van der Waals surface area contributed by atoms with E-state index in [-0.39, 0.29) is 32.0 Å². The van der Waals surface area contributed by atoms with Crippen LogP contribution in [0.3, 0.4) is 0 Å². The monoisotopic (exact) mass is 784 g/mol. The molecule has 0 heterocycles. The van der Waals surface area contributed by atoms with Gasteiger partial charge in [0, 0.05) is 12.8 Å². The maximum Gasteiger partial charge on any atom is 0.306 e. The van der Waals surface area contributed by atoms with Crippen LogP contribution >= 0.6 is 7.82 Å². The number of allylic oxidation sites excluding steroid dienone is 6. The fourth-order valence-corrected chi connectivity index (χ4v) is 6.51. The van der Waals surface area contributed by atoms with Crippen molar-refractivity contribution in [2.75, 3.05) is 47.5 Å². The summed E-state index contributed by atoms with van der Waals surface area (Å²) >= 11 is 0. The topological polar surface area (TPSA) is 111 Å². The molecule has 54 heavy (non-hydrogen) atoms. The normalized spacial score (nSPS) is 14.0. The first-order valence-electron chi connectivity index (χ1n) is 21.7. The molecule has 0 aliphatic carbocycles. The summed E-state index contributed by atoms with van der Waals surface area (Å²) in [5, 5.41) is 0. The van der Waals surface area contributed by atoms with E-state index in [1.807, 2.05) is 21.1 Å². The molecule has 0 amide bonds. The van der Waals surface area contributed by atoms with E-state index in [2.05, 4.69) is 50.3 Å². The Morgan fingerprint density at radius 2 is 1.06 bits per heavy atom. The van der Waals surface area contributed by atoms with Gasteiger partial charge in [0.2, 0.25) is 0 Å². The SMILES string of the molecule is CC/C=C\C/C=C\C/C=C\CCCCCCCCCC(=O)O[C@H](COC(=O)CCCCCCCCCCCCCCC)COP(=O)([O-])OCC[N+](C)(C)C. The van der Waals surface area contributed by atoms with Crippen LogP contribution in [-0.4, -0.2) is 70.0 Å². The van der Waals surface area contributed by atoms with Gasteiger partial charge in [0.1, 0.15) is 19.8 Å². The highest BCUT2D eigenvalue weighted by atomic mass is 31.2. The number of nitrogens with zero attached hydrogens (tertiary/aromatic N) is 1. The Morgan fingerprint density at radius 3 is 1.57 bits per heavy atom. The van der Waals surface area contributed by atoms with E-state index >= 15 is 0 Å². The highest BCUT2D eigenvalue weighted by Crippen LogP contribution is 2.38. The number of hydrogen-bond acceptors (Lipinski definition) is 8. The van der Waals surface area contributed by atoms with E-state index in [4.69, 9.17) is 18.5 Å². The summed E-state index contributed by atoms with van der Waals surface area (Å²) in [5.74, 6) is -0.843. The molecule has 0 rings (SSSR count). The predicted molar refractivity (Wildman–Crippen MR) is 222 cm³/mol. The molecule has 316 valence electrons. The van der Waals surface area contributed by atoms with Gasteiger partial charge in [-0.15, -0.1) is 0 Å². The third-order valence-electron chi connectivity index (χ3n) is 9.17. The number of esters is 2. The average Bonchev–Trinajstić information content (AvgIpc) is 3.12. The van der Waals surface area contributed by atoms with Crippen LogP contribution in [-0.2, 0) is 32.7 Å². The van der Waals surface area contributed by atoms with Crippen molar-refractivity contribution in [3.05, 3.63) is 36.5 Å². The van der Waals surface area contributed by atoms with Crippen LogP contribution in [0.15, 0.2) is 36.5 Å². The lowest BCUT2D eigenvalue weighted by molar-refractivity contribution is -0.870. The number of phosphoric acid groups is 1. The first-order chi connectivity index (χ1) is 26.0. The largest absolute Gasteiger partial charge is 0.756 e. The molecular formula is C44H82NO8P. The lowest BCUT2D eigenvalue weighted by atomic mass is 10.0. The van der Waals surface area contributed by atoms with Crippen molar-refractivity contribution in [1.82, 2.24) is 0 Å². The molecule has 0 aliphatic heterocycles. The van der Waals surface area contributed by atoms with Gasteiger partial charge in [-0.1, -0.05) is 159 Å². The summed E-state index contributed by atoms with van der Waals surface area (Å²) in [4.78, 5) is 37.5. The molecule has 0 saturated carbocycles. The summed E-state index contributed by atoms with van der Waals surface area (Å²) in [7, 11) is 1.16. The fourth-order valence-electron chi connectivity index (χ4n) is 5.79. The molecule has 0 aromatic rings. The van der Waals surface area contributed by atoms with Crippen LogP contribution in [0, 0.1) is 0 Å². The third-order valence-corrected chi connectivity index (χ3v) is 10.1. The van der Waals surface area contributed by atoms with E-state index in [0.29, 0.717) is 17.4 Å².